The van der Waals surface area contributed by atoms with Crippen LogP contribution in [0.3, 0.4) is 0 Å². The number of nitriles is 2. The average molecular weight is 715 g/mol. The molecule has 0 amide bonds. The van der Waals surface area contributed by atoms with Gasteiger partial charge in [0.1, 0.15) is 23.0 Å². The molecule has 0 saturated carbocycles. The van der Waals surface area contributed by atoms with Crippen LogP contribution in [0, 0.1) is 34.5 Å². The van der Waals surface area contributed by atoms with Crippen molar-refractivity contribution in [1.82, 2.24) is 0 Å². The summed E-state index contributed by atoms with van der Waals surface area (Å²) in [5, 5.41) is 17.8. The van der Waals surface area contributed by atoms with Crippen LogP contribution in [-0.2, 0) is 19.1 Å². The van der Waals surface area contributed by atoms with Gasteiger partial charge in [-0.05, 0) is 122 Å². The van der Waals surface area contributed by atoms with E-state index in [1.165, 1.54) is 30.3 Å². The second-order valence-electron chi connectivity index (χ2n) is 11.9. The molecule has 270 valence electrons. The second-order valence-corrected chi connectivity index (χ2v) is 11.9. The minimum absolute atomic E-state index is 0.204. The van der Waals surface area contributed by atoms with Crippen molar-refractivity contribution in [2.45, 2.75) is 39.5 Å². The molecular formula is C42H38N2O9. The maximum absolute atomic E-state index is 12.9. The van der Waals surface area contributed by atoms with Crippen LogP contribution < -0.4 is 18.9 Å². The molecule has 2 unspecified atom stereocenters. The monoisotopic (exact) mass is 714 g/mol. The Hall–Kier alpha value is -6.72. The van der Waals surface area contributed by atoms with Crippen molar-refractivity contribution in [1.29, 1.82) is 10.5 Å². The van der Waals surface area contributed by atoms with Crippen LogP contribution in [0.4, 0.5) is 0 Å². The van der Waals surface area contributed by atoms with Gasteiger partial charge in [-0.1, -0.05) is 26.0 Å². The zero-order valence-corrected chi connectivity index (χ0v) is 29.4. The lowest BCUT2D eigenvalue weighted by Crippen LogP contribution is -2.26. The summed E-state index contributed by atoms with van der Waals surface area (Å²) in [6.45, 7) is 4.14. The molecule has 11 heteroatoms. The molecule has 2 atom stereocenters. The Balaban J connectivity index is 1.11. The summed E-state index contributed by atoms with van der Waals surface area (Å²) < 4.78 is 27.3. The highest BCUT2D eigenvalue weighted by atomic mass is 16.5. The highest BCUT2D eigenvalue weighted by Crippen LogP contribution is 2.23. The number of benzene rings is 4. The van der Waals surface area contributed by atoms with Gasteiger partial charge in [-0.3, -0.25) is 9.59 Å². The minimum atomic E-state index is -0.592. The van der Waals surface area contributed by atoms with Gasteiger partial charge in [0.25, 0.3) is 0 Å². The first-order valence-electron chi connectivity index (χ1n) is 17.0. The Morgan fingerprint density at radius 2 is 1.19 bits per heavy atom. The van der Waals surface area contributed by atoms with Crippen LogP contribution in [-0.4, -0.2) is 37.1 Å². The van der Waals surface area contributed by atoms with Crippen molar-refractivity contribution < 1.29 is 42.9 Å². The fourth-order valence-corrected chi connectivity index (χ4v) is 4.87. The third-order valence-corrected chi connectivity index (χ3v) is 7.91. The van der Waals surface area contributed by atoms with E-state index in [1.54, 1.807) is 85.8 Å². The van der Waals surface area contributed by atoms with Crippen molar-refractivity contribution in [2.75, 3.05) is 13.2 Å². The highest BCUT2D eigenvalue weighted by molar-refractivity contribution is 5.91. The van der Waals surface area contributed by atoms with Gasteiger partial charge in [0.2, 0.25) is 0 Å². The lowest BCUT2D eigenvalue weighted by Gasteiger charge is -2.18. The van der Waals surface area contributed by atoms with E-state index in [0.717, 1.165) is 5.56 Å². The standard InChI is InChI=1S/C42H38N2O9/c1-3-33(41(47)52-38-21-19-36(20-22-38)51-39(45)23-12-30-6-8-31(27-43)9-7-30)26-29(2)40(46)50-25-5-4-24-49-35-17-13-34(14-18-35)42(48)53-37-15-10-32(28-44)11-16-37/h6-23,29,33H,3-5,24-26H2,1-2H3/b23-12+. The van der Waals surface area contributed by atoms with E-state index in [9.17, 15) is 19.2 Å². The summed E-state index contributed by atoms with van der Waals surface area (Å²) in [5.41, 5.74) is 2.08. The van der Waals surface area contributed by atoms with E-state index in [4.69, 9.17) is 34.2 Å². The second kappa shape index (κ2) is 20.2. The third kappa shape index (κ3) is 12.8. The van der Waals surface area contributed by atoms with E-state index >= 15 is 0 Å². The van der Waals surface area contributed by atoms with E-state index in [1.807, 2.05) is 19.1 Å². The quantitative estimate of drug-likeness (QED) is 0.0457. The summed E-state index contributed by atoms with van der Waals surface area (Å²) >= 11 is 0. The SMILES string of the molecule is CCC(CC(C)C(=O)OCCCCOc1ccc(C(=O)Oc2ccc(C#N)cc2)cc1)C(=O)Oc1ccc(OC(=O)/C=C/c2ccc(C#N)cc2)cc1. The highest BCUT2D eigenvalue weighted by Gasteiger charge is 2.26. The van der Waals surface area contributed by atoms with Crippen molar-refractivity contribution >= 4 is 30.0 Å². The van der Waals surface area contributed by atoms with Crippen LogP contribution in [0.1, 0.15) is 66.6 Å². The molecule has 11 nitrogen and oxygen atoms in total. The first-order valence-corrected chi connectivity index (χ1v) is 17.0. The number of carbonyl (C=O) groups excluding carboxylic acids is 4. The number of carbonyl (C=O) groups is 4. The Kier molecular flexibility index (Phi) is 14.9. The molecule has 0 aliphatic carbocycles. The van der Waals surface area contributed by atoms with E-state index in [0.29, 0.717) is 54.1 Å². The van der Waals surface area contributed by atoms with Crippen molar-refractivity contribution in [3.05, 3.63) is 125 Å². The van der Waals surface area contributed by atoms with Crippen molar-refractivity contribution in [2.24, 2.45) is 11.8 Å². The normalized spacial score (nSPS) is 11.7. The molecule has 0 fully saturated rings. The molecule has 53 heavy (non-hydrogen) atoms. The van der Waals surface area contributed by atoms with Crippen molar-refractivity contribution in [3.63, 3.8) is 0 Å². The van der Waals surface area contributed by atoms with E-state index in [-0.39, 0.29) is 24.5 Å². The lowest BCUT2D eigenvalue weighted by molar-refractivity contribution is -0.149. The van der Waals surface area contributed by atoms with Gasteiger partial charge >= 0.3 is 23.9 Å². The first kappa shape index (κ1) is 39.1. The van der Waals surface area contributed by atoms with E-state index < -0.39 is 35.7 Å². The molecule has 0 aromatic heterocycles. The molecule has 4 aromatic carbocycles. The van der Waals surface area contributed by atoms with Gasteiger partial charge in [0.15, 0.2) is 0 Å². The summed E-state index contributed by atoms with van der Waals surface area (Å²) in [6.07, 6.45) is 4.77. The smallest absolute Gasteiger partial charge is 0.343 e. The predicted molar refractivity (Wildman–Crippen MR) is 194 cm³/mol. The largest absolute Gasteiger partial charge is 0.494 e. The Morgan fingerprint density at radius 1 is 0.660 bits per heavy atom. The third-order valence-electron chi connectivity index (χ3n) is 7.91. The summed E-state index contributed by atoms with van der Waals surface area (Å²) in [7, 11) is 0. The van der Waals surface area contributed by atoms with Crippen LogP contribution in [0.25, 0.3) is 6.08 Å². The minimum Gasteiger partial charge on any atom is -0.494 e. The molecular weight excluding hydrogens is 676 g/mol. The zero-order valence-electron chi connectivity index (χ0n) is 29.4. The van der Waals surface area contributed by atoms with E-state index in [2.05, 4.69) is 0 Å². The molecule has 0 aliphatic rings. The van der Waals surface area contributed by atoms with Gasteiger partial charge < -0.3 is 23.7 Å². The first-order chi connectivity index (χ1) is 25.7. The summed E-state index contributed by atoms with van der Waals surface area (Å²) in [5.74, 6) is -1.59. The van der Waals surface area contributed by atoms with Crippen molar-refractivity contribution in [3.8, 4) is 35.1 Å². The number of hydrogen-bond acceptors (Lipinski definition) is 11. The number of unbranched alkanes of at least 4 members (excludes halogenated alkanes) is 1. The molecule has 0 radical (unpaired) electrons. The van der Waals surface area contributed by atoms with Gasteiger partial charge in [-0.2, -0.15) is 10.5 Å². The van der Waals surface area contributed by atoms with Gasteiger partial charge in [0.05, 0.1) is 53.9 Å². The van der Waals surface area contributed by atoms with Gasteiger partial charge in [-0.25, -0.2) is 9.59 Å². The van der Waals surface area contributed by atoms with Gasteiger partial charge in [-0.15, -0.1) is 0 Å². The van der Waals surface area contributed by atoms with Crippen LogP contribution in [0.5, 0.6) is 23.0 Å². The maximum atomic E-state index is 12.9. The number of esters is 4. The van der Waals surface area contributed by atoms with Crippen LogP contribution >= 0.6 is 0 Å². The zero-order chi connectivity index (χ0) is 38.0. The van der Waals surface area contributed by atoms with Crippen LogP contribution in [0.15, 0.2) is 103 Å². The molecule has 0 saturated heterocycles. The lowest BCUT2D eigenvalue weighted by atomic mass is 9.94. The Morgan fingerprint density at radius 3 is 1.79 bits per heavy atom. The molecule has 0 aliphatic heterocycles. The summed E-state index contributed by atoms with van der Waals surface area (Å²) in [4.78, 5) is 50.1. The maximum Gasteiger partial charge on any atom is 0.343 e. The fraction of sp³-hybridized carbons (Fsp3) is 0.238. The number of ether oxygens (including phenoxy) is 5. The predicted octanol–water partition coefficient (Wildman–Crippen LogP) is 7.63. The Labute approximate surface area is 307 Å². The molecule has 0 heterocycles. The number of nitrogens with zero attached hydrogens (tertiary/aromatic N) is 2. The molecule has 0 bridgehead atoms. The molecule has 0 N–H and O–H groups in total. The molecule has 4 rings (SSSR count). The van der Waals surface area contributed by atoms with Gasteiger partial charge in [0, 0.05) is 6.08 Å². The van der Waals surface area contributed by atoms with Crippen LogP contribution in [0.2, 0.25) is 0 Å². The summed E-state index contributed by atoms with van der Waals surface area (Å²) in [6, 6.07) is 29.6. The molecule has 0 spiro atoms. The fourth-order valence-electron chi connectivity index (χ4n) is 4.87. The number of hydrogen-bond donors (Lipinski definition) is 0. The molecule has 4 aromatic rings. The average Bonchev–Trinajstić information content (AvgIpc) is 3.18. The Bertz CT molecular complexity index is 1960. The topological polar surface area (TPSA) is 162 Å². The number of rotatable bonds is 17.